The summed E-state index contributed by atoms with van der Waals surface area (Å²) in [5.74, 6) is -2.07. The summed E-state index contributed by atoms with van der Waals surface area (Å²) in [5, 5.41) is 16.2. The number of fused-ring (bicyclic) bond motifs is 1. The molecule has 1 spiro atoms. The van der Waals surface area contributed by atoms with Crippen LogP contribution < -0.4 is 21.1 Å². The van der Waals surface area contributed by atoms with Crippen LogP contribution in [0, 0.1) is 6.92 Å². The Bertz CT molecular complexity index is 1240. The van der Waals surface area contributed by atoms with E-state index in [0.29, 0.717) is 19.4 Å². The van der Waals surface area contributed by atoms with Gasteiger partial charge >= 0.3 is 0 Å². The minimum absolute atomic E-state index is 0.142. The van der Waals surface area contributed by atoms with Crippen LogP contribution in [0.5, 0.6) is 5.75 Å². The monoisotopic (exact) mass is 536 g/mol. The lowest BCUT2D eigenvalue weighted by Gasteiger charge is -2.52. The van der Waals surface area contributed by atoms with Crippen LogP contribution in [0.25, 0.3) is 0 Å². The van der Waals surface area contributed by atoms with Gasteiger partial charge < -0.3 is 29.8 Å². The molecule has 2 aliphatic heterocycles. The van der Waals surface area contributed by atoms with Crippen LogP contribution >= 0.6 is 17.6 Å². The van der Waals surface area contributed by atoms with Gasteiger partial charge in [-0.2, -0.15) is 0 Å². The Hall–Kier alpha value is -2.55. The summed E-state index contributed by atoms with van der Waals surface area (Å²) in [6.45, 7) is 2.96. The predicted molar refractivity (Wildman–Crippen MR) is 138 cm³/mol. The number of hydrogen-bond donors (Lipinski definition) is 4. The molecule has 13 heteroatoms. The summed E-state index contributed by atoms with van der Waals surface area (Å²) in [6.07, 6.45) is 2.24. The largest absolute Gasteiger partial charge is 0.502 e. The zero-order valence-electron chi connectivity index (χ0n) is 20.1. The van der Waals surface area contributed by atoms with E-state index in [1.807, 2.05) is 25.1 Å². The van der Waals surface area contributed by atoms with Gasteiger partial charge in [0.15, 0.2) is 25.5 Å². The van der Waals surface area contributed by atoms with Crippen molar-refractivity contribution in [3.05, 3.63) is 57.0 Å². The Morgan fingerprint density at radius 2 is 2.06 bits per heavy atom. The van der Waals surface area contributed by atoms with Gasteiger partial charge in [0.1, 0.15) is 5.56 Å². The van der Waals surface area contributed by atoms with Gasteiger partial charge in [0.2, 0.25) is 5.43 Å². The average Bonchev–Trinajstić information content (AvgIpc) is 3.31. The number of nitrogens with zero attached hydrogens (tertiary/aromatic N) is 3. The Kier molecular flexibility index (Phi) is 7.69. The molecule has 1 aromatic heterocycles. The smallest absolute Gasteiger partial charge is 0.278 e. The van der Waals surface area contributed by atoms with E-state index in [9.17, 15) is 29.3 Å². The molecule has 1 saturated heterocycles. The van der Waals surface area contributed by atoms with Crippen LogP contribution in [0.1, 0.15) is 44.8 Å². The van der Waals surface area contributed by atoms with Crippen LogP contribution in [0.4, 0.5) is 0 Å². The molecule has 2 unspecified atom stereocenters. The maximum Gasteiger partial charge on any atom is 0.278 e. The maximum absolute atomic E-state index is 13.3. The van der Waals surface area contributed by atoms with Crippen LogP contribution in [0.3, 0.4) is 0 Å². The predicted octanol–water partition coefficient (Wildman–Crippen LogP) is 0.120. The Labute approximate surface area is 211 Å². The van der Waals surface area contributed by atoms with E-state index in [-0.39, 0.29) is 37.1 Å². The first-order valence-corrected chi connectivity index (χ1v) is 13.5. The number of benzene rings is 1. The SMILES string of the molecule is Cc1ccc(CNC(=O)c2cn3c(c(O)c2=O)C(=O)N(C)C2(CCOC2)N3CCCP(O)O)c(P)c1. The molecule has 3 heterocycles. The summed E-state index contributed by atoms with van der Waals surface area (Å²) in [5.41, 5.74) is -0.491. The number of carbonyl (C=O) groups is 2. The van der Waals surface area contributed by atoms with Crippen molar-refractivity contribution in [3.63, 3.8) is 0 Å². The van der Waals surface area contributed by atoms with Crippen molar-refractivity contribution >= 4 is 34.7 Å². The molecule has 0 bridgehead atoms. The molecule has 11 nitrogen and oxygen atoms in total. The van der Waals surface area contributed by atoms with Crippen molar-refractivity contribution in [2.24, 2.45) is 0 Å². The molecular weight excluding hydrogens is 506 g/mol. The molecule has 0 saturated carbocycles. The molecule has 1 fully saturated rings. The zero-order chi connectivity index (χ0) is 26.2. The second-order valence-corrected chi connectivity index (χ2v) is 10.8. The van der Waals surface area contributed by atoms with E-state index in [0.717, 1.165) is 16.4 Å². The molecular formula is C23H30N4O7P2. The van der Waals surface area contributed by atoms with E-state index >= 15 is 0 Å². The lowest BCUT2D eigenvalue weighted by Crippen LogP contribution is -2.70. The molecule has 0 aliphatic carbocycles. The van der Waals surface area contributed by atoms with Crippen LogP contribution in [-0.4, -0.2) is 74.9 Å². The van der Waals surface area contributed by atoms with Crippen LogP contribution in [-0.2, 0) is 11.3 Å². The summed E-state index contributed by atoms with van der Waals surface area (Å²) in [6, 6.07) is 5.76. The quantitative estimate of drug-likeness (QED) is 0.366. The highest BCUT2D eigenvalue weighted by molar-refractivity contribution is 7.45. The Morgan fingerprint density at radius 3 is 2.69 bits per heavy atom. The first-order chi connectivity index (χ1) is 17.1. The van der Waals surface area contributed by atoms with E-state index in [2.05, 4.69) is 14.6 Å². The van der Waals surface area contributed by atoms with Gasteiger partial charge in [-0.25, -0.2) is 0 Å². The third-order valence-electron chi connectivity index (χ3n) is 6.73. The highest BCUT2D eigenvalue weighted by Gasteiger charge is 2.52. The summed E-state index contributed by atoms with van der Waals surface area (Å²) >= 11 is 0. The highest BCUT2D eigenvalue weighted by Crippen LogP contribution is 2.36. The molecule has 2 atom stereocenters. The Morgan fingerprint density at radius 1 is 1.31 bits per heavy atom. The fourth-order valence-electron chi connectivity index (χ4n) is 4.70. The second-order valence-electron chi connectivity index (χ2n) is 9.02. The van der Waals surface area contributed by atoms with Crippen molar-refractivity contribution < 1.29 is 29.2 Å². The fraction of sp³-hybridized carbons (Fsp3) is 0.435. The number of rotatable bonds is 7. The number of aromatic nitrogens is 1. The van der Waals surface area contributed by atoms with Gasteiger partial charge in [-0.15, -0.1) is 9.24 Å². The van der Waals surface area contributed by atoms with Crippen molar-refractivity contribution in [1.82, 2.24) is 14.9 Å². The van der Waals surface area contributed by atoms with Gasteiger partial charge in [-0.1, -0.05) is 23.8 Å². The van der Waals surface area contributed by atoms with E-state index in [4.69, 9.17) is 4.74 Å². The third-order valence-corrected chi connectivity index (χ3v) is 7.98. The number of nitrogens with one attached hydrogen (secondary N) is 1. The number of hydrogen-bond acceptors (Lipinski definition) is 8. The fourth-order valence-corrected chi connectivity index (χ4v) is 5.58. The van der Waals surface area contributed by atoms with Crippen molar-refractivity contribution in [2.45, 2.75) is 32.0 Å². The number of pyridine rings is 1. The second kappa shape index (κ2) is 10.4. The topological polar surface area (TPSA) is 145 Å². The van der Waals surface area contributed by atoms with Gasteiger partial charge in [0, 0.05) is 38.9 Å². The van der Waals surface area contributed by atoms with Crippen LogP contribution in [0.15, 0.2) is 29.2 Å². The number of aryl methyl sites for hydroxylation is 1. The van der Waals surface area contributed by atoms with Gasteiger partial charge in [0.05, 0.1) is 13.2 Å². The van der Waals surface area contributed by atoms with Crippen molar-refractivity contribution in [1.29, 1.82) is 0 Å². The molecule has 36 heavy (non-hydrogen) atoms. The van der Waals surface area contributed by atoms with E-state index in [1.54, 1.807) is 12.1 Å². The number of likely N-dealkylation sites (N-methyl/N-ethyl adjacent to an activating group) is 1. The first kappa shape index (κ1) is 26.5. The van der Waals surface area contributed by atoms with Crippen molar-refractivity contribution in [2.75, 3.05) is 38.0 Å². The molecule has 4 rings (SSSR count). The average molecular weight is 536 g/mol. The first-order valence-electron chi connectivity index (χ1n) is 11.5. The summed E-state index contributed by atoms with van der Waals surface area (Å²) < 4.78 is 6.97. The third kappa shape index (κ3) is 4.74. The van der Waals surface area contributed by atoms with E-state index in [1.165, 1.54) is 15.8 Å². The van der Waals surface area contributed by atoms with Crippen molar-refractivity contribution in [3.8, 4) is 5.75 Å². The number of ether oxygens (including phenoxy) is 1. The minimum Gasteiger partial charge on any atom is -0.502 e. The van der Waals surface area contributed by atoms with Gasteiger partial charge in [0.25, 0.3) is 11.8 Å². The number of aromatic hydroxyl groups is 1. The molecule has 1 aromatic carbocycles. The van der Waals surface area contributed by atoms with Gasteiger partial charge in [-0.05, 0) is 24.2 Å². The molecule has 194 valence electrons. The lowest BCUT2D eigenvalue weighted by molar-refractivity contribution is 0.0301. The molecule has 2 aliphatic rings. The summed E-state index contributed by atoms with van der Waals surface area (Å²) in [7, 11) is 2.08. The van der Waals surface area contributed by atoms with E-state index < -0.39 is 37.0 Å². The Balaban J connectivity index is 1.73. The minimum atomic E-state index is -2.11. The number of amides is 2. The van der Waals surface area contributed by atoms with Gasteiger partial charge in [-0.3, -0.25) is 24.1 Å². The molecule has 4 N–H and O–H groups in total. The summed E-state index contributed by atoms with van der Waals surface area (Å²) in [4.78, 5) is 59.5. The van der Waals surface area contributed by atoms with Crippen LogP contribution in [0.2, 0.25) is 0 Å². The number of carbonyl (C=O) groups excluding carboxylic acids is 2. The normalized spacial score (nSPS) is 19.3. The molecule has 2 amide bonds. The molecule has 2 aromatic rings. The maximum atomic E-state index is 13.3. The zero-order valence-corrected chi connectivity index (χ0v) is 22.1. The highest BCUT2D eigenvalue weighted by atomic mass is 31.2. The lowest BCUT2D eigenvalue weighted by atomic mass is 10.0. The standard InChI is InChI=1S/C23H30N4O7P2/c1-14-4-5-15(17(35)10-14)11-24-21(30)16-12-26-18(20(29)19(16)28)22(31)25(2)23(6-8-34-13-23)27(26)7-3-9-36(32)33/h4-5,10,12,29,32-33H,3,6-9,11,13,35H2,1-2H3,(H,24,30). The molecule has 0 radical (unpaired) electrons.